The molecule has 3 aromatic rings. The Morgan fingerprint density at radius 3 is 1.55 bits per heavy atom. The van der Waals surface area contributed by atoms with Crippen LogP contribution in [0.4, 0.5) is 22.4 Å². The van der Waals surface area contributed by atoms with Gasteiger partial charge in [-0.1, -0.05) is 54.6 Å². The fourth-order valence-corrected chi connectivity index (χ4v) is 13.1. The van der Waals surface area contributed by atoms with Crippen LogP contribution in [0.2, 0.25) is 0 Å². The van der Waals surface area contributed by atoms with Gasteiger partial charge in [0.15, 0.2) is 0 Å². The quantitative estimate of drug-likeness (QED) is 0.101. The summed E-state index contributed by atoms with van der Waals surface area (Å²) in [5, 5.41) is -5.57. The lowest BCUT2D eigenvalue weighted by Crippen LogP contribution is -2.52. The molecule has 4 fully saturated rings. The van der Waals surface area contributed by atoms with Gasteiger partial charge >= 0.3 is 27.5 Å². The van der Waals surface area contributed by atoms with Crippen LogP contribution >= 0.6 is 10.3 Å². The molecule has 12 heteroatoms. The molecule has 7 rings (SSSR count). The van der Waals surface area contributed by atoms with E-state index in [0.717, 1.165) is 38.5 Å². The molecule has 0 radical (unpaired) electrons. The third-order valence-electron chi connectivity index (χ3n) is 9.54. The molecule has 0 atom stereocenters. The van der Waals surface area contributed by atoms with E-state index >= 15 is 17.6 Å². The van der Waals surface area contributed by atoms with Crippen LogP contribution in [0.3, 0.4) is 0 Å². The number of carbonyl (C=O) groups excluding carboxylic acids is 1. The molecule has 4 aliphatic carbocycles. The number of carbonyl (C=O) groups is 1. The van der Waals surface area contributed by atoms with Crippen molar-refractivity contribution in [1.29, 1.82) is 0 Å². The molecule has 3 aromatic carbocycles. The zero-order valence-corrected chi connectivity index (χ0v) is 27.4. The zero-order valence-electron chi connectivity index (χ0n) is 25.7. The maximum atomic E-state index is 15.6. The monoisotopic (exact) mass is 694 g/mol. The average molecular weight is 695 g/mol. The Balaban J connectivity index is 1.13. The Morgan fingerprint density at radius 2 is 1.13 bits per heavy atom. The van der Waals surface area contributed by atoms with E-state index in [1.807, 2.05) is 0 Å². The minimum Gasteiger partial charge on any atom is -0.434 e. The van der Waals surface area contributed by atoms with E-state index in [9.17, 15) is 13.2 Å². The molecule has 47 heavy (non-hydrogen) atoms. The van der Waals surface area contributed by atoms with E-state index < -0.39 is 56.2 Å². The van der Waals surface area contributed by atoms with Crippen LogP contribution in [0.5, 0.6) is 0 Å². The number of halogens is 4. The van der Waals surface area contributed by atoms with Crippen molar-refractivity contribution in [1.82, 2.24) is 0 Å². The average Bonchev–Trinajstić information content (AvgIpc) is 3.03. The number of rotatable bonds is 13. The van der Waals surface area contributed by atoms with Crippen LogP contribution in [0.15, 0.2) is 106 Å². The lowest BCUT2D eigenvalue weighted by Gasteiger charge is -2.55. The third-order valence-corrected chi connectivity index (χ3v) is 14.8. The number of benzene rings is 3. The number of unbranched alkanes of at least 4 members (excludes halogenated alkanes) is 1. The van der Waals surface area contributed by atoms with Crippen LogP contribution in [-0.4, -0.2) is 38.0 Å². The Labute approximate surface area is 274 Å². The van der Waals surface area contributed by atoms with Gasteiger partial charge in [0.2, 0.25) is 0 Å². The molecule has 0 spiro atoms. The van der Waals surface area contributed by atoms with Crippen molar-refractivity contribution in [2.45, 2.75) is 89.3 Å². The molecule has 4 saturated carbocycles. The Morgan fingerprint density at radius 1 is 0.702 bits per heavy atom. The van der Waals surface area contributed by atoms with Gasteiger partial charge in [0.25, 0.3) is 0 Å². The first-order chi connectivity index (χ1) is 22.4. The second-order valence-electron chi connectivity index (χ2n) is 13.0. The fourth-order valence-electron chi connectivity index (χ4n) is 7.84. The van der Waals surface area contributed by atoms with Crippen molar-refractivity contribution < 1.29 is 43.9 Å². The van der Waals surface area contributed by atoms with Crippen LogP contribution in [0, 0.1) is 17.8 Å². The van der Waals surface area contributed by atoms with Gasteiger partial charge in [-0.25, -0.2) is 8.42 Å². The second kappa shape index (κ2) is 13.1. The predicted octanol–water partition coefficient (Wildman–Crippen LogP) is 9.75. The maximum Gasteiger partial charge on any atom is 0.508 e. The van der Waals surface area contributed by atoms with E-state index in [1.54, 1.807) is 54.6 Å². The smallest absolute Gasteiger partial charge is 0.434 e. The van der Waals surface area contributed by atoms with Gasteiger partial charge in [-0.15, -0.1) is 0 Å². The molecule has 254 valence electrons. The highest BCUT2D eigenvalue weighted by molar-refractivity contribution is 8.33. The van der Waals surface area contributed by atoms with E-state index in [2.05, 4.69) is 0 Å². The molecular formula is C35H38F4O6S2. The highest BCUT2D eigenvalue weighted by atomic mass is 32.3. The normalized spacial score (nSPS) is 24.6. The molecule has 0 N–H and O–H groups in total. The van der Waals surface area contributed by atoms with Gasteiger partial charge in [0.05, 0.1) is 6.61 Å². The lowest BCUT2D eigenvalue weighted by molar-refractivity contribution is -0.164. The summed E-state index contributed by atoms with van der Waals surface area (Å²) in [5.41, 5.74) is -0.536. The summed E-state index contributed by atoms with van der Waals surface area (Å²) >= 11 is 0. The van der Waals surface area contributed by atoms with Crippen LogP contribution in [0.1, 0.15) is 57.8 Å². The van der Waals surface area contributed by atoms with Gasteiger partial charge in [-0.2, -0.15) is 26.0 Å². The van der Waals surface area contributed by atoms with Gasteiger partial charge in [0.1, 0.15) is 5.60 Å². The first-order valence-electron chi connectivity index (χ1n) is 15.9. The molecule has 6 nitrogen and oxygen atoms in total. The molecular weight excluding hydrogens is 657 g/mol. The highest BCUT2D eigenvalue weighted by Crippen LogP contribution is 2.71. The summed E-state index contributed by atoms with van der Waals surface area (Å²) in [6.07, 6.45) is 2.79. The SMILES string of the molecule is O=C(OCCCCC(F)(F)C(F)(F)S(=O)(=O)OS(c1ccccc1)(c1ccccc1)c1ccccc1)OC12CC3CC(CC(C3)C1)C2. The van der Waals surface area contributed by atoms with Crippen molar-refractivity contribution in [2.75, 3.05) is 6.61 Å². The first kappa shape index (κ1) is 33.8. The Bertz CT molecular complexity index is 1510. The van der Waals surface area contributed by atoms with Gasteiger partial charge < -0.3 is 9.47 Å². The van der Waals surface area contributed by atoms with Crippen LogP contribution in [-0.2, 0) is 23.2 Å². The largest absolute Gasteiger partial charge is 0.508 e. The minimum absolute atomic E-state index is 0.185. The van der Waals surface area contributed by atoms with E-state index in [4.69, 9.17) is 13.1 Å². The van der Waals surface area contributed by atoms with Crippen molar-refractivity contribution in [3.05, 3.63) is 91.0 Å². The molecule has 0 unspecified atom stereocenters. The summed E-state index contributed by atoms with van der Waals surface area (Å²) in [6.45, 7) is -0.320. The molecule has 0 aromatic heterocycles. The predicted molar refractivity (Wildman–Crippen MR) is 169 cm³/mol. The standard InChI is InChI=1S/C35H38F4O6S2/c36-34(37,18-10-11-19-43-32(40)44-33-23-26-20-27(24-33)22-28(21-26)25-33)35(38,39)47(41,42)45-46(29-12-4-1-5-13-29,30-14-6-2-7-15-30)31-16-8-3-9-17-31/h1-9,12-17,26-28H,10-11,18-25H2. The molecule has 0 saturated heterocycles. The summed E-state index contributed by atoms with van der Waals surface area (Å²) in [6, 6.07) is 23.7. The Kier molecular flexibility index (Phi) is 9.41. The summed E-state index contributed by atoms with van der Waals surface area (Å²) in [7, 11) is -9.72. The zero-order chi connectivity index (χ0) is 33.3. The fraction of sp³-hybridized carbons (Fsp3) is 0.457. The number of alkyl halides is 4. The third kappa shape index (κ3) is 6.65. The van der Waals surface area contributed by atoms with Crippen molar-refractivity contribution in [2.24, 2.45) is 17.8 Å². The van der Waals surface area contributed by atoms with E-state index in [1.165, 1.54) is 36.4 Å². The molecule has 0 aliphatic heterocycles. The topological polar surface area (TPSA) is 78.9 Å². The maximum absolute atomic E-state index is 15.6. The van der Waals surface area contributed by atoms with E-state index in [0.29, 0.717) is 17.8 Å². The van der Waals surface area contributed by atoms with Crippen molar-refractivity contribution >= 4 is 26.6 Å². The Hall–Kier alpha value is -3.09. The lowest BCUT2D eigenvalue weighted by atomic mass is 9.54. The van der Waals surface area contributed by atoms with Gasteiger partial charge in [-0.3, -0.25) is 0 Å². The van der Waals surface area contributed by atoms with Gasteiger partial charge in [0, 0.05) is 21.1 Å². The molecule has 4 bridgehead atoms. The number of hydrogen-bond donors (Lipinski definition) is 0. The van der Waals surface area contributed by atoms with Crippen LogP contribution in [0.25, 0.3) is 0 Å². The molecule has 0 amide bonds. The summed E-state index contributed by atoms with van der Waals surface area (Å²) in [5.74, 6) is -3.37. The second-order valence-corrected chi connectivity index (χ2v) is 17.5. The molecule has 0 heterocycles. The number of hydrogen-bond acceptors (Lipinski definition) is 6. The summed E-state index contributed by atoms with van der Waals surface area (Å²) < 4.78 is 105. The molecule has 4 aliphatic rings. The van der Waals surface area contributed by atoms with Gasteiger partial charge in [-0.05, 0) is 116 Å². The highest BCUT2D eigenvalue weighted by Gasteiger charge is 2.67. The summed E-state index contributed by atoms with van der Waals surface area (Å²) in [4.78, 5) is 13.2. The van der Waals surface area contributed by atoms with E-state index in [-0.39, 0.29) is 27.7 Å². The minimum atomic E-state index is -6.25. The van der Waals surface area contributed by atoms with Crippen LogP contribution < -0.4 is 0 Å². The first-order valence-corrected chi connectivity index (χ1v) is 18.9. The van der Waals surface area contributed by atoms with Crippen molar-refractivity contribution in [3.8, 4) is 0 Å². The van der Waals surface area contributed by atoms with Crippen molar-refractivity contribution in [3.63, 3.8) is 0 Å². The number of ether oxygens (including phenoxy) is 2.